The van der Waals surface area contributed by atoms with Gasteiger partial charge in [0.25, 0.3) is 0 Å². The molecule has 4 fully saturated rings. The lowest BCUT2D eigenvalue weighted by atomic mass is 9.43. The second kappa shape index (κ2) is 5.28. The summed E-state index contributed by atoms with van der Waals surface area (Å²) >= 11 is 0. The average molecular weight is 279 g/mol. The van der Waals surface area contributed by atoms with Crippen molar-refractivity contribution in [1.29, 1.82) is 0 Å². The minimum absolute atomic E-state index is 0.357. The summed E-state index contributed by atoms with van der Waals surface area (Å²) < 4.78 is 0. The summed E-state index contributed by atoms with van der Waals surface area (Å²) in [5, 5.41) is 12.8. The van der Waals surface area contributed by atoms with E-state index >= 15 is 0 Å². The third kappa shape index (κ3) is 2.92. The molecule has 4 saturated carbocycles. The molecule has 4 aliphatic rings. The molecule has 0 aromatic carbocycles. The van der Waals surface area contributed by atoms with Gasteiger partial charge in [0.15, 0.2) is 0 Å². The van der Waals surface area contributed by atoms with Gasteiger partial charge in [0, 0.05) is 12.1 Å². The minimum Gasteiger partial charge on any atom is -0.396 e. The van der Waals surface area contributed by atoms with Gasteiger partial charge in [0.2, 0.25) is 0 Å². The quantitative estimate of drug-likeness (QED) is 0.693. The molecule has 20 heavy (non-hydrogen) atoms. The SMILES string of the molecule is C[C@]12C[C@H]3CC(NCCCCCCO)(C1)C[C@@](C)(C3)C2. The maximum Gasteiger partial charge on any atom is 0.0431 e. The van der Waals surface area contributed by atoms with Crippen molar-refractivity contribution in [3.8, 4) is 0 Å². The molecule has 0 saturated heterocycles. The number of unbranched alkanes of at least 4 members (excludes halogenated alkanes) is 3. The number of rotatable bonds is 7. The van der Waals surface area contributed by atoms with E-state index in [1.807, 2.05) is 0 Å². The predicted octanol–water partition coefficient (Wildman–Crippen LogP) is 3.88. The summed E-state index contributed by atoms with van der Waals surface area (Å²) in [6, 6.07) is 0. The monoisotopic (exact) mass is 279 g/mol. The summed E-state index contributed by atoms with van der Waals surface area (Å²) in [6.45, 7) is 6.64. The van der Waals surface area contributed by atoms with Crippen molar-refractivity contribution < 1.29 is 5.11 Å². The molecule has 0 heterocycles. The Labute approximate surface area is 124 Å². The molecule has 4 rings (SSSR count). The van der Waals surface area contributed by atoms with Crippen LogP contribution >= 0.6 is 0 Å². The van der Waals surface area contributed by atoms with Crippen LogP contribution in [0, 0.1) is 16.7 Å². The van der Waals surface area contributed by atoms with Crippen molar-refractivity contribution in [2.75, 3.05) is 13.2 Å². The van der Waals surface area contributed by atoms with Gasteiger partial charge in [-0.2, -0.15) is 0 Å². The normalized spacial score (nSPS) is 46.0. The molecule has 0 aliphatic heterocycles. The molecule has 0 aromatic rings. The van der Waals surface area contributed by atoms with Crippen LogP contribution in [0.2, 0.25) is 0 Å². The van der Waals surface area contributed by atoms with Crippen LogP contribution in [0.1, 0.15) is 78.1 Å². The van der Waals surface area contributed by atoms with Crippen molar-refractivity contribution in [2.45, 2.75) is 83.6 Å². The van der Waals surface area contributed by atoms with Gasteiger partial charge in [0.05, 0.1) is 0 Å². The van der Waals surface area contributed by atoms with Gasteiger partial charge >= 0.3 is 0 Å². The molecule has 0 aromatic heterocycles. The molecule has 1 unspecified atom stereocenters. The molecule has 2 nitrogen and oxygen atoms in total. The molecule has 0 radical (unpaired) electrons. The Balaban J connectivity index is 1.53. The Morgan fingerprint density at radius 1 is 0.900 bits per heavy atom. The van der Waals surface area contributed by atoms with Crippen LogP contribution in [-0.2, 0) is 0 Å². The highest BCUT2D eigenvalue weighted by Crippen LogP contribution is 2.66. The van der Waals surface area contributed by atoms with E-state index in [9.17, 15) is 0 Å². The summed E-state index contributed by atoms with van der Waals surface area (Å²) in [7, 11) is 0. The standard InChI is InChI=1S/C18H33NO/c1-16-9-15-10-17(2,12-16)14-18(11-15,13-16)19-7-5-3-4-6-8-20/h15,19-20H,3-14H2,1-2H3/t15-,16-,17+,18?. The van der Waals surface area contributed by atoms with Crippen LogP contribution in [0.3, 0.4) is 0 Å². The lowest BCUT2D eigenvalue weighted by Crippen LogP contribution is -2.64. The third-order valence-electron chi connectivity index (χ3n) is 6.21. The summed E-state index contributed by atoms with van der Waals surface area (Å²) in [6.07, 6.45) is 13.4. The third-order valence-corrected chi connectivity index (χ3v) is 6.21. The van der Waals surface area contributed by atoms with Gasteiger partial charge < -0.3 is 10.4 Å². The summed E-state index contributed by atoms with van der Waals surface area (Å²) in [4.78, 5) is 0. The van der Waals surface area contributed by atoms with Crippen LogP contribution < -0.4 is 5.32 Å². The fourth-order valence-corrected chi connectivity index (χ4v) is 6.59. The average Bonchev–Trinajstić information content (AvgIpc) is 2.29. The molecule has 4 bridgehead atoms. The Morgan fingerprint density at radius 3 is 2.15 bits per heavy atom. The van der Waals surface area contributed by atoms with E-state index in [1.54, 1.807) is 0 Å². The Morgan fingerprint density at radius 2 is 1.55 bits per heavy atom. The first kappa shape index (κ1) is 14.8. The zero-order valence-electron chi connectivity index (χ0n) is 13.5. The summed E-state index contributed by atoms with van der Waals surface area (Å²) in [5.41, 5.74) is 1.72. The molecule has 4 atom stereocenters. The van der Waals surface area contributed by atoms with Crippen LogP contribution in [0.25, 0.3) is 0 Å². The van der Waals surface area contributed by atoms with Gasteiger partial charge in [-0.3, -0.25) is 0 Å². The molecule has 2 N–H and O–H groups in total. The zero-order chi connectivity index (χ0) is 14.3. The fraction of sp³-hybridized carbons (Fsp3) is 1.00. The highest BCUT2D eigenvalue weighted by molar-refractivity contribution is 5.14. The van der Waals surface area contributed by atoms with E-state index in [0.29, 0.717) is 23.0 Å². The maximum atomic E-state index is 8.82. The van der Waals surface area contributed by atoms with E-state index < -0.39 is 0 Å². The molecule has 0 amide bonds. The van der Waals surface area contributed by atoms with Gasteiger partial charge in [-0.25, -0.2) is 0 Å². The first-order chi connectivity index (χ1) is 9.47. The first-order valence-corrected chi connectivity index (χ1v) is 8.83. The number of hydrogen-bond donors (Lipinski definition) is 2. The molecule has 4 aliphatic carbocycles. The van der Waals surface area contributed by atoms with Gasteiger partial charge in [0.1, 0.15) is 0 Å². The zero-order valence-corrected chi connectivity index (χ0v) is 13.5. The predicted molar refractivity (Wildman–Crippen MR) is 83.7 cm³/mol. The number of aliphatic hydroxyl groups excluding tert-OH is 1. The highest BCUT2D eigenvalue weighted by Gasteiger charge is 2.59. The lowest BCUT2D eigenvalue weighted by Gasteiger charge is -2.65. The largest absolute Gasteiger partial charge is 0.396 e. The van der Waals surface area contributed by atoms with E-state index in [2.05, 4.69) is 19.2 Å². The smallest absolute Gasteiger partial charge is 0.0431 e. The van der Waals surface area contributed by atoms with Gasteiger partial charge in [-0.15, -0.1) is 0 Å². The van der Waals surface area contributed by atoms with Crippen molar-refractivity contribution in [2.24, 2.45) is 16.7 Å². The van der Waals surface area contributed by atoms with Crippen LogP contribution in [0.15, 0.2) is 0 Å². The molecule has 0 spiro atoms. The lowest BCUT2D eigenvalue weighted by molar-refractivity contribution is -0.117. The Hall–Kier alpha value is -0.0800. The highest BCUT2D eigenvalue weighted by atomic mass is 16.2. The molecular formula is C18H33NO. The summed E-state index contributed by atoms with van der Waals surface area (Å²) in [5.74, 6) is 0.989. The van der Waals surface area contributed by atoms with Crippen molar-refractivity contribution in [3.63, 3.8) is 0 Å². The topological polar surface area (TPSA) is 32.3 Å². The van der Waals surface area contributed by atoms with Crippen molar-refractivity contribution in [3.05, 3.63) is 0 Å². The van der Waals surface area contributed by atoms with E-state index in [-0.39, 0.29) is 0 Å². The number of nitrogens with one attached hydrogen (secondary N) is 1. The number of hydrogen-bond acceptors (Lipinski definition) is 2. The second-order valence-corrected chi connectivity index (χ2v) is 8.97. The van der Waals surface area contributed by atoms with Crippen molar-refractivity contribution in [1.82, 2.24) is 5.32 Å². The van der Waals surface area contributed by atoms with E-state index in [0.717, 1.165) is 12.3 Å². The molecular weight excluding hydrogens is 246 g/mol. The van der Waals surface area contributed by atoms with Crippen molar-refractivity contribution >= 4 is 0 Å². The van der Waals surface area contributed by atoms with Gasteiger partial charge in [-0.05, 0) is 74.7 Å². The maximum absolute atomic E-state index is 8.82. The Kier molecular flexibility index (Phi) is 3.92. The van der Waals surface area contributed by atoms with Crippen LogP contribution in [-0.4, -0.2) is 23.8 Å². The van der Waals surface area contributed by atoms with Gasteiger partial charge in [-0.1, -0.05) is 26.7 Å². The van der Waals surface area contributed by atoms with Crippen LogP contribution in [0.5, 0.6) is 0 Å². The van der Waals surface area contributed by atoms with E-state index in [4.69, 9.17) is 5.11 Å². The Bertz CT molecular complexity index is 335. The van der Waals surface area contributed by atoms with Crippen LogP contribution in [0.4, 0.5) is 0 Å². The molecule has 116 valence electrons. The number of aliphatic hydroxyl groups is 1. The minimum atomic E-state index is 0.357. The molecule has 2 heteroatoms. The first-order valence-electron chi connectivity index (χ1n) is 8.83. The fourth-order valence-electron chi connectivity index (χ4n) is 6.59. The second-order valence-electron chi connectivity index (χ2n) is 8.97. The van der Waals surface area contributed by atoms with E-state index in [1.165, 1.54) is 64.3 Å².